The maximum Gasteiger partial charge on any atom is 0.335 e. The number of carbonyl (C=O) groups is 2. The lowest BCUT2D eigenvalue weighted by Gasteiger charge is -2.13. The predicted octanol–water partition coefficient (Wildman–Crippen LogP) is 4.74. The molecule has 5 heteroatoms. The Morgan fingerprint density at radius 3 is 2.31 bits per heavy atom. The molecule has 26 heavy (non-hydrogen) atoms. The van der Waals surface area contributed by atoms with E-state index in [9.17, 15) is 9.59 Å². The summed E-state index contributed by atoms with van der Waals surface area (Å²) in [4.78, 5) is 23.7. The quantitative estimate of drug-likeness (QED) is 0.699. The van der Waals surface area contributed by atoms with Crippen molar-refractivity contribution in [3.8, 4) is 11.5 Å². The molecule has 1 amide bonds. The smallest absolute Gasteiger partial charge is 0.335 e. The molecule has 3 rings (SSSR count). The van der Waals surface area contributed by atoms with Gasteiger partial charge in [-0.3, -0.25) is 4.79 Å². The second-order valence-corrected chi connectivity index (χ2v) is 5.70. The van der Waals surface area contributed by atoms with Crippen molar-refractivity contribution in [1.82, 2.24) is 0 Å². The van der Waals surface area contributed by atoms with Gasteiger partial charge in [-0.2, -0.15) is 0 Å². The lowest BCUT2D eigenvalue weighted by atomic mass is 10.1. The van der Waals surface area contributed by atoms with Crippen LogP contribution in [0.15, 0.2) is 72.8 Å². The maximum atomic E-state index is 12.7. The molecule has 130 valence electrons. The number of ether oxygens (including phenoxy) is 1. The summed E-state index contributed by atoms with van der Waals surface area (Å²) >= 11 is 0. The van der Waals surface area contributed by atoms with E-state index in [0.717, 1.165) is 0 Å². The number of carboxylic acid groups (broad SMARTS) is 1. The minimum Gasteiger partial charge on any atom is -0.478 e. The number of hydrogen-bond acceptors (Lipinski definition) is 3. The fraction of sp³-hybridized carbons (Fsp3) is 0.0476. The molecule has 0 fully saturated rings. The highest BCUT2D eigenvalue weighted by atomic mass is 16.5. The standard InChI is InChI=1S/C21H17NO4/c1-14-13-15(21(24)25)11-12-18(14)22-20(23)17-9-5-6-10-19(17)26-16-7-3-2-4-8-16/h2-13H,1H3,(H,22,23)(H,24,25). The fourth-order valence-corrected chi connectivity index (χ4v) is 2.49. The molecule has 0 spiro atoms. The summed E-state index contributed by atoms with van der Waals surface area (Å²) in [6.45, 7) is 1.74. The summed E-state index contributed by atoms with van der Waals surface area (Å²) in [5, 5.41) is 11.8. The van der Waals surface area contributed by atoms with Gasteiger partial charge in [0.2, 0.25) is 0 Å². The highest BCUT2D eigenvalue weighted by Gasteiger charge is 2.14. The summed E-state index contributed by atoms with van der Waals surface area (Å²) in [6.07, 6.45) is 0. The van der Waals surface area contributed by atoms with Crippen LogP contribution in [-0.2, 0) is 0 Å². The zero-order valence-corrected chi connectivity index (χ0v) is 14.1. The van der Waals surface area contributed by atoms with Gasteiger partial charge in [-0.05, 0) is 55.0 Å². The number of rotatable bonds is 5. The third-order valence-corrected chi connectivity index (χ3v) is 3.82. The Hall–Kier alpha value is -3.60. The van der Waals surface area contributed by atoms with Crippen molar-refractivity contribution >= 4 is 17.6 Å². The molecule has 3 aromatic rings. The number of carboxylic acids is 1. The monoisotopic (exact) mass is 347 g/mol. The minimum atomic E-state index is -1.01. The van der Waals surface area contributed by atoms with Crippen LogP contribution in [0.2, 0.25) is 0 Å². The number of aromatic carboxylic acids is 1. The van der Waals surface area contributed by atoms with E-state index in [4.69, 9.17) is 9.84 Å². The normalized spacial score (nSPS) is 10.2. The summed E-state index contributed by atoms with van der Waals surface area (Å²) < 4.78 is 5.81. The average molecular weight is 347 g/mol. The molecule has 2 N–H and O–H groups in total. The van der Waals surface area contributed by atoms with Gasteiger partial charge in [-0.25, -0.2) is 4.79 Å². The molecule has 0 aliphatic carbocycles. The van der Waals surface area contributed by atoms with E-state index in [2.05, 4.69) is 5.32 Å². The SMILES string of the molecule is Cc1cc(C(=O)O)ccc1NC(=O)c1ccccc1Oc1ccccc1. The molecule has 0 heterocycles. The lowest BCUT2D eigenvalue weighted by molar-refractivity contribution is 0.0696. The van der Waals surface area contributed by atoms with Crippen molar-refractivity contribution in [3.05, 3.63) is 89.5 Å². The third kappa shape index (κ3) is 3.89. The minimum absolute atomic E-state index is 0.174. The number of para-hydroxylation sites is 2. The van der Waals surface area contributed by atoms with Gasteiger partial charge in [-0.15, -0.1) is 0 Å². The highest BCUT2D eigenvalue weighted by molar-refractivity contribution is 6.06. The molecule has 0 saturated heterocycles. The number of aryl methyl sites for hydroxylation is 1. The van der Waals surface area contributed by atoms with Gasteiger partial charge in [0.05, 0.1) is 11.1 Å². The largest absolute Gasteiger partial charge is 0.478 e. The number of hydrogen-bond donors (Lipinski definition) is 2. The highest BCUT2D eigenvalue weighted by Crippen LogP contribution is 2.26. The van der Waals surface area contributed by atoms with E-state index < -0.39 is 5.97 Å². The van der Waals surface area contributed by atoms with Crippen molar-refractivity contribution in [1.29, 1.82) is 0 Å². The van der Waals surface area contributed by atoms with E-state index in [1.54, 1.807) is 37.3 Å². The number of anilines is 1. The Bertz CT molecular complexity index is 951. The van der Waals surface area contributed by atoms with Crippen LogP contribution in [0.5, 0.6) is 11.5 Å². The second-order valence-electron chi connectivity index (χ2n) is 5.70. The second kappa shape index (κ2) is 7.53. The van der Waals surface area contributed by atoms with Crippen molar-refractivity contribution < 1.29 is 19.4 Å². The fourth-order valence-electron chi connectivity index (χ4n) is 2.49. The van der Waals surface area contributed by atoms with Crippen molar-refractivity contribution in [2.45, 2.75) is 6.92 Å². The Kier molecular flexibility index (Phi) is 4.99. The van der Waals surface area contributed by atoms with Crippen LogP contribution in [0.1, 0.15) is 26.3 Å². The number of benzene rings is 3. The third-order valence-electron chi connectivity index (χ3n) is 3.82. The Morgan fingerprint density at radius 2 is 1.62 bits per heavy atom. The van der Waals surface area contributed by atoms with E-state index in [1.165, 1.54) is 12.1 Å². The van der Waals surface area contributed by atoms with E-state index in [0.29, 0.717) is 28.3 Å². The van der Waals surface area contributed by atoms with Crippen molar-refractivity contribution in [2.24, 2.45) is 0 Å². The number of carbonyl (C=O) groups excluding carboxylic acids is 1. The number of nitrogens with one attached hydrogen (secondary N) is 1. The van der Waals surface area contributed by atoms with Gasteiger partial charge >= 0.3 is 5.97 Å². The van der Waals surface area contributed by atoms with Crippen LogP contribution < -0.4 is 10.1 Å². The first kappa shape index (κ1) is 17.2. The topological polar surface area (TPSA) is 75.6 Å². The van der Waals surface area contributed by atoms with Gasteiger partial charge in [0.1, 0.15) is 11.5 Å². The van der Waals surface area contributed by atoms with Gasteiger partial charge in [0, 0.05) is 5.69 Å². The molecule has 0 atom stereocenters. The zero-order chi connectivity index (χ0) is 18.5. The molecule has 0 radical (unpaired) electrons. The van der Waals surface area contributed by atoms with Gasteiger partial charge in [-0.1, -0.05) is 30.3 Å². The lowest BCUT2D eigenvalue weighted by Crippen LogP contribution is -2.14. The average Bonchev–Trinajstić information content (AvgIpc) is 2.64. The molecule has 0 saturated carbocycles. The molecule has 0 aliphatic heterocycles. The summed E-state index contributed by atoms with van der Waals surface area (Å²) in [7, 11) is 0. The van der Waals surface area contributed by atoms with E-state index >= 15 is 0 Å². The molecule has 0 aromatic heterocycles. The van der Waals surface area contributed by atoms with Crippen LogP contribution in [0, 0.1) is 6.92 Å². The molecule has 0 aliphatic rings. The molecule has 5 nitrogen and oxygen atoms in total. The zero-order valence-electron chi connectivity index (χ0n) is 14.1. The Morgan fingerprint density at radius 1 is 0.923 bits per heavy atom. The van der Waals surface area contributed by atoms with Crippen LogP contribution >= 0.6 is 0 Å². The predicted molar refractivity (Wildman–Crippen MR) is 99.0 cm³/mol. The molecule has 0 unspecified atom stereocenters. The maximum absolute atomic E-state index is 12.7. The van der Waals surface area contributed by atoms with Gasteiger partial charge < -0.3 is 15.2 Å². The van der Waals surface area contributed by atoms with Crippen LogP contribution in [-0.4, -0.2) is 17.0 Å². The van der Waals surface area contributed by atoms with Gasteiger partial charge in [0.15, 0.2) is 0 Å². The van der Waals surface area contributed by atoms with E-state index in [-0.39, 0.29) is 11.5 Å². The first-order chi connectivity index (χ1) is 12.5. The molecule has 0 bridgehead atoms. The molecular weight excluding hydrogens is 330 g/mol. The summed E-state index contributed by atoms with van der Waals surface area (Å²) in [6, 6.07) is 20.7. The van der Waals surface area contributed by atoms with Gasteiger partial charge in [0.25, 0.3) is 5.91 Å². The number of amides is 1. The molecular formula is C21H17NO4. The first-order valence-electron chi connectivity index (χ1n) is 8.02. The molecule has 3 aromatic carbocycles. The van der Waals surface area contributed by atoms with E-state index in [1.807, 2.05) is 30.3 Å². The van der Waals surface area contributed by atoms with Crippen molar-refractivity contribution in [2.75, 3.05) is 5.32 Å². The van der Waals surface area contributed by atoms with Crippen LogP contribution in [0.4, 0.5) is 5.69 Å². The van der Waals surface area contributed by atoms with Crippen molar-refractivity contribution in [3.63, 3.8) is 0 Å². The van der Waals surface area contributed by atoms with Crippen LogP contribution in [0.25, 0.3) is 0 Å². The summed E-state index contributed by atoms with van der Waals surface area (Å²) in [5.74, 6) is -0.263. The first-order valence-corrected chi connectivity index (χ1v) is 8.02. The summed E-state index contributed by atoms with van der Waals surface area (Å²) in [5.41, 5.74) is 1.78. The Balaban J connectivity index is 1.84. The van der Waals surface area contributed by atoms with Crippen LogP contribution in [0.3, 0.4) is 0 Å². The Labute approximate surface area is 150 Å².